The van der Waals surface area contributed by atoms with E-state index in [1.54, 1.807) is 0 Å². The molecule has 0 heterocycles. The summed E-state index contributed by atoms with van der Waals surface area (Å²) in [7, 11) is 0. The molecule has 0 unspecified atom stereocenters. The van der Waals surface area contributed by atoms with Gasteiger partial charge >= 0.3 is 0 Å². The standard InChI is InChI=1S/C61H41N/c1-3-15-42(16-4-1)43-27-29-44(30-28-43)45-31-36-49(37-32-45)62(48-17-5-2-6-18-48)50-38-33-46(34-39-50)47-35-40-60-56(41-47)52-20-8-7-19-51(52)53-21-9-12-24-57(53)61(60)58-25-13-10-22-54(58)55-23-11-14-26-59(55)61/h1-41H. The van der Waals surface area contributed by atoms with E-state index in [1.165, 1.54) is 89.0 Å². The molecule has 0 radical (unpaired) electrons. The van der Waals surface area contributed by atoms with Gasteiger partial charge in [0.05, 0.1) is 5.41 Å². The molecule has 0 aliphatic heterocycles. The Morgan fingerprint density at radius 2 is 0.516 bits per heavy atom. The highest BCUT2D eigenvalue weighted by Crippen LogP contribution is 2.61. The van der Waals surface area contributed by atoms with Crippen molar-refractivity contribution in [3.8, 4) is 66.8 Å². The van der Waals surface area contributed by atoms with Crippen molar-refractivity contribution in [2.75, 3.05) is 4.90 Å². The molecule has 2 aliphatic carbocycles. The van der Waals surface area contributed by atoms with Crippen LogP contribution in [0.3, 0.4) is 0 Å². The van der Waals surface area contributed by atoms with Crippen molar-refractivity contribution in [2.24, 2.45) is 0 Å². The lowest BCUT2D eigenvalue weighted by atomic mass is 9.66. The molecule has 1 heteroatoms. The summed E-state index contributed by atoms with van der Waals surface area (Å²) < 4.78 is 0. The van der Waals surface area contributed by atoms with Crippen molar-refractivity contribution < 1.29 is 0 Å². The molecular formula is C61H41N. The van der Waals surface area contributed by atoms with Gasteiger partial charge in [0.1, 0.15) is 0 Å². The topological polar surface area (TPSA) is 3.24 Å². The normalized spacial score (nSPS) is 12.6. The van der Waals surface area contributed by atoms with Gasteiger partial charge in [-0.05, 0) is 131 Å². The number of benzene rings is 10. The molecule has 10 aromatic carbocycles. The lowest BCUT2D eigenvalue weighted by Gasteiger charge is -2.35. The highest BCUT2D eigenvalue weighted by Gasteiger charge is 2.49. The van der Waals surface area contributed by atoms with Crippen molar-refractivity contribution in [2.45, 2.75) is 5.41 Å². The third kappa shape index (κ3) is 5.63. The Kier molecular flexibility index (Phi) is 8.47. The SMILES string of the molecule is c1ccc(-c2ccc(-c3ccc(N(c4ccccc4)c4ccc(-c5ccc6c(c5)-c5ccccc5-c5ccccc5C65c6ccccc6-c6ccccc65)cc4)cc3)cc2)cc1. The predicted octanol–water partition coefficient (Wildman–Crippen LogP) is 16.2. The maximum atomic E-state index is 2.44. The number of anilines is 3. The first-order valence-corrected chi connectivity index (χ1v) is 21.5. The van der Waals surface area contributed by atoms with Gasteiger partial charge in [0.2, 0.25) is 0 Å². The van der Waals surface area contributed by atoms with Crippen LogP contribution < -0.4 is 4.90 Å². The van der Waals surface area contributed by atoms with Crippen LogP contribution in [0.15, 0.2) is 249 Å². The first-order chi connectivity index (χ1) is 30.8. The van der Waals surface area contributed by atoms with Crippen LogP contribution in [-0.2, 0) is 5.41 Å². The molecule has 2 aliphatic rings. The molecule has 10 aromatic rings. The van der Waals surface area contributed by atoms with Gasteiger partial charge in [0, 0.05) is 17.1 Å². The summed E-state index contributed by atoms with van der Waals surface area (Å²) in [5.41, 5.74) is 23.1. The second-order valence-corrected chi connectivity index (χ2v) is 16.4. The van der Waals surface area contributed by atoms with Crippen LogP contribution in [0, 0.1) is 0 Å². The fourth-order valence-electron chi connectivity index (χ4n) is 10.3. The van der Waals surface area contributed by atoms with E-state index >= 15 is 0 Å². The molecule has 0 N–H and O–H groups in total. The van der Waals surface area contributed by atoms with Crippen molar-refractivity contribution in [3.63, 3.8) is 0 Å². The minimum Gasteiger partial charge on any atom is -0.311 e. The fraction of sp³-hybridized carbons (Fsp3) is 0.0164. The maximum Gasteiger partial charge on any atom is 0.0725 e. The molecule has 62 heavy (non-hydrogen) atoms. The van der Waals surface area contributed by atoms with Gasteiger partial charge in [0.25, 0.3) is 0 Å². The van der Waals surface area contributed by atoms with Gasteiger partial charge in [-0.2, -0.15) is 0 Å². The zero-order valence-corrected chi connectivity index (χ0v) is 34.1. The molecule has 0 aromatic heterocycles. The molecule has 0 atom stereocenters. The first-order valence-electron chi connectivity index (χ1n) is 21.5. The number of hydrogen-bond acceptors (Lipinski definition) is 1. The van der Waals surface area contributed by atoms with Crippen LogP contribution in [0.5, 0.6) is 0 Å². The Labute approximate surface area is 363 Å². The number of para-hydroxylation sites is 1. The summed E-state index contributed by atoms with van der Waals surface area (Å²) in [5.74, 6) is 0. The van der Waals surface area contributed by atoms with Crippen molar-refractivity contribution in [1.82, 2.24) is 0 Å². The molecule has 0 bridgehead atoms. The molecule has 0 saturated carbocycles. The maximum absolute atomic E-state index is 2.44. The molecule has 0 fully saturated rings. The van der Waals surface area contributed by atoms with Crippen LogP contribution in [0.4, 0.5) is 17.1 Å². The summed E-state index contributed by atoms with van der Waals surface area (Å²) in [6.45, 7) is 0. The lowest BCUT2D eigenvalue weighted by Crippen LogP contribution is -2.29. The number of rotatable bonds is 6. The highest BCUT2D eigenvalue weighted by atomic mass is 15.1. The minimum atomic E-state index is -0.474. The van der Waals surface area contributed by atoms with E-state index in [-0.39, 0.29) is 0 Å². The average Bonchev–Trinajstić information content (AvgIpc) is 3.60. The van der Waals surface area contributed by atoms with Crippen molar-refractivity contribution >= 4 is 17.1 Å². The molecule has 1 spiro atoms. The lowest BCUT2D eigenvalue weighted by molar-refractivity contribution is 0.775. The molecule has 0 saturated heterocycles. The van der Waals surface area contributed by atoms with E-state index in [9.17, 15) is 0 Å². The van der Waals surface area contributed by atoms with Crippen LogP contribution in [0.25, 0.3) is 66.8 Å². The van der Waals surface area contributed by atoms with E-state index in [4.69, 9.17) is 0 Å². The fourth-order valence-corrected chi connectivity index (χ4v) is 10.3. The van der Waals surface area contributed by atoms with Crippen molar-refractivity contribution in [3.05, 3.63) is 271 Å². The third-order valence-corrected chi connectivity index (χ3v) is 13.1. The predicted molar refractivity (Wildman–Crippen MR) is 259 cm³/mol. The second kappa shape index (κ2) is 14.6. The summed E-state index contributed by atoms with van der Waals surface area (Å²) in [6.07, 6.45) is 0. The van der Waals surface area contributed by atoms with Crippen LogP contribution in [0.1, 0.15) is 22.3 Å². The molecule has 0 amide bonds. The zero-order valence-electron chi connectivity index (χ0n) is 34.1. The number of hydrogen-bond donors (Lipinski definition) is 0. The summed E-state index contributed by atoms with van der Waals surface area (Å²) >= 11 is 0. The molecule has 290 valence electrons. The van der Waals surface area contributed by atoms with Crippen LogP contribution in [0.2, 0.25) is 0 Å². The summed E-state index contributed by atoms with van der Waals surface area (Å²) in [6, 6.07) is 91.5. The monoisotopic (exact) mass is 787 g/mol. The van der Waals surface area contributed by atoms with Gasteiger partial charge in [0.15, 0.2) is 0 Å². The van der Waals surface area contributed by atoms with Crippen LogP contribution >= 0.6 is 0 Å². The van der Waals surface area contributed by atoms with Gasteiger partial charge < -0.3 is 4.90 Å². The molecular weight excluding hydrogens is 747 g/mol. The Bertz CT molecular complexity index is 3210. The molecule has 12 rings (SSSR count). The van der Waals surface area contributed by atoms with Gasteiger partial charge in [-0.25, -0.2) is 0 Å². The Hall–Kier alpha value is -8.00. The smallest absolute Gasteiger partial charge is 0.0725 e. The average molecular weight is 788 g/mol. The Balaban J connectivity index is 0.948. The number of fused-ring (bicyclic) bond motifs is 12. The Morgan fingerprint density at radius 1 is 0.210 bits per heavy atom. The van der Waals surface area contributed by atoms with E-state index in [0.29, 0.717) is 0 Å². The van der Waals surface area contributed by atoms with E-state index in [2.05, 4.69) is 254 Å². The zero-order chi connectivity index (χ0) is 41.0. The third-order valence-electron chi connectivity index (χ3n) is 13.1. The second-order valence-electron chi connectivity index (χ2n) is 16.4. The largest absolute Gasteiger partial charge is 0.311 e. The van der Waals surface area contributed by atoms with Gasteiger partial charge in [-0.1, -0.05) is 206 Å². The molecule has 1 nitrogen and oxygen atoms in total. The van der Waals surface area contributed by atoms with E-state index in [1.807, 2.05) is 0 Å². The van der Waals surface area contributed by atoms with Crippen molar-refractivity contribution in [1.29, 1.82) is 0 Å². The van der Waals surface area contributed by atoms with E-state index < -0.39 is 5.41 Å². The van der Waals surface area contributed by atoms with Gasteiger partial charge in [-0.15, -0.1) is 0 Å². The first kappa shape index (κ1) is 35.9. The van der Waals surface area contributed by atoms with Crippen LogP contribution in [-0.4, -0.2) is 0 Å². The number of nitrogens with zero attached hydrogens (tertiary/aromatic N) is 1. The van der Waals surface area contributed by atoms with Gasteiger partial charge in [-0.3, -0.25) is 0 Å². The summed E-state index contributed by atoms with van der Waals surface area (Å²) in [4.78, 5) is 2.34. The Morgan fingerprint density at radius 3 is 1.02 bits per heavy atom. The quantitative estimate of drug-likeness (QED) is 0.162. The highest BCUT2D eigenvalue weighted by molar-refractivity contribution is 5.98. The minimum absolute atomic E-state index is 0.474. The van der Waals surface area contributed by atoms with E-state index in [0.717, 1.165) is 17.1 Å². The summed E-state index contributed by atoms with van der Waals surface area (Å²) in [5, 5.41) is 0.